The predicted octanol–water partition coefficient (Wildman–Crippen LogP) is 5.45. The number of hydrogen-bond donors (Lipinski definition) is 0. The van der Waals surface area contributed by atoms with Gasteiger partial charge >= 0.3 is 0 Å². The second-order valence-corrected chi connectivity index (χ2v) is 9.42. The summed E-state index contributed by atoms with van der Waals surface area (Å²) in [6.07, 6.45) is 0. The maximum atomic E-state index is 13.7. The predicted molar refractivity (Wildman–Crippen MR) is 135 cm³/mol. The number of para-hydroxylation sites is 1. The number of nitrogens with zero attached hydrogens (tertiary/aromatic N) is 2. The van der Waals surface area contributed by atoms with E-state index in [0.717, 1.165) is 10.0 Å². The van der Waals surface area contributed by atoms with E-state index in [1.807, 2.05) is 73.6 Å². The fourth-order valence-corrected chi connectivity index (χ4v) is 4.61. The Hall–Kier alpha value is -3.42. The number of halogens is 1. The van der Waals surface area contributed by atoms with Gasteiger partial charge in [0.2, 0.25) is 5.76 Å². The van der Waals surface area contributed by atoms with Gasteiger partial charge in [-0.1, -0.05) is 46.3 Å². The second kappa shape index (κ2) is 9.08. The standard InChI is InChI=1S/C27H23BrN2O4/c1-29(2)13-14-30-24(17-7-6-10-20(15-17)33-19-8-4-3-5-9-19)23-25(31)21-16-18(28)11-12-22(21)34-26(23)27(30)32/h3-12,15-16,24H,13-14H2,1-2H3. The highest BCUT2D eigenvalue weighted by Gasteiger charge is 2.42. The average molecular weight is 519 g/mol. The summed E-state index contributed by atoms with van der Waals surface area (Å²) < 4.78 is 12.8. The molecule has 1 aliphatic rings. The van der Waals surface area contributed by atoms with Crippen molar-refractivity contribution in [3.05, 3.63) is 104 Å². The van der Waals surface area contributed by atoms with Gasteiger partial charge in [-0.3, -0.25) is 9.59 Å². The van der Waals surface area contributed by atoms with E-state index in [-0.39, 0.29) is 17.1 Å². The summed E-state index contributed by atoms with van der Waals surface area (Å²) in [6, 6.07) is 21.7. The van der Waals surface area contributed by atoms with Gasteiger partial charge in [-0.05, 0) is 62.1 Å². The third-order valence-corrected chi connectivity index (χ3v) is 6.36. The molecule has 0 spiro atoms. The Labute approximate surface area is 205 Å². The first-order valence-electron chi connectivity index (χ1n) is 11.0. The Morgan fingerprint density at radius 1 is 0.971 bits per heavy atom. The molecule has 0 bridgehead atoms. The largest absolute Gasteiger partial charge is 0.457 e. The molecule has 0 fully saturated rings. The van der Waals surface area contributed by atoms with Crippen LogP contribution < -0.4 is 10.2 Å². The molecule has 4 aromatic rings. The Kier molecular flexibility index (Phi) is 5.98. The Morgan fingerprint density at radius 3 is 2.50 bits per heavy atom. The van der Waals surface area contributed by atoms with E-state index in [1.165, 1.54) is 0 Å². The summed E-state index contributed by atoms with van der Waals surface area (Å²) in [5, 5.41) is 0.442. The molecule has 1 aliphatic heterocycles. The van der Waals surface area contributed by atoms with E-state index in [2.05, 4.69) is 15.9 Å². The SMILES string of the molecule is CN(C)CCN1C(=O)c2oc3ccc(Br)cc3c(=O)c2C1c1cccc(Oc2ccccc2)c1. The first-order chi connectivity index (χ1) is 16.4. The van der Waals surface area contributed by atoms with Crippen molar-refractivity contribution < 1.29 is 13.9 Å². The van der Waals surface area contributed by atoms with Crippen molar-refractivity contribution in [2.75, 3.05) is 27.2 Å². The maximum absolute atomic E-state index is 13.7. The summed E-state index contributed by atoms with van der Waals surface area (Å²) in [7, 11) is 3.90. The normalized spacial score (nSPS) is 15.2. The second-order valence-electron chi connectivity index (χ2n) is 8.51. The molecule has 3 aromatic carbocycles. The van der Waals surface area contributed by atoms with Crippen LogP contribution in [0.3, 0.4) is 0 Å². The topological polar surface area (TPSA) is 63.0 Å². The minimum absolute atomic E-state index is 0.109. The average Bonchev–Trinajstić information content (AvgIpc) is 3.11. The Bertz CT molecular complexity index is 1430. The lowest BCUT2D eigenvalue weighted by Crippen LogP contribution is -2.35. The smallest absolute Gasteiger partial charge is 0.290 e. The monoisotopic (exact) mass is 518 g/mol. The number of ether oxygens (including phenoxy) is 1. The van der Waals surface area contributed by atoms with E-state index in [9.17, 15) is 9.59 Å². The molecule has 7 heteroatoms. The van der Waals surface area contributed by atoms with Crippen LogP contribution in [0.15, 0.2) is 86.5 Å². The molecule has 1 unspecified atom stereocenters. The highest BCUT2D eigenvalue weighted by atomic mass is 79.9. The van der Waals surface area contributed by atoms with Crippen LogP contribution in [0.25, 0.3) is 11.0 Å². The number of fused-ring (bicyclic) bond motifs is 2. The quantitative estimate of drug-likeness (QED) is 0.339. The molecule has 1 atom stereocenters. The zero-order valence-electron chi connectivity index (χ0n) is 18.8. The molecular weight excluding hydrogens is 496 g/mol. The van der Waals surface area contributed by atoms with Crippen LogP contribution in [-0.2, 0) is 0 Å². The van der Waals surface area contributed by atoms with Gasteiger partial charge in [0.15, 0.2) is 5.43 Å². The number of likely N-dealkylation sites (N-methyl/N-ethyl adjacent to an activating group) is 1. The molecule has 1 aromatic heterocycles. The minimum atomic E-state index is -0.568. The summed E-state index contributed by atoms with van der Waals surface area (Å²) >= 11 is 3.43. The van der Waals surface area contributed by atoms with Gasteiger partial charge in [0, 0.05) is 17.6 Å². The number of benzene rings is 3. The number of hydrogen-bond acceptors (Lipinski definition) is 5. The molecule has 0 saturated carbocycles. The lowest BCUT2D eigenvalue weighted by atomic mass is 9.98. The summed E-state index contributed by atoms with van der Waals surface area (Å²) in [5.41, 5.74) is 1.36. The zero-order valence-corrected chi connectivity index (χ0v) is 20.4. The molecule has 34 heavy (non-hydrogen) atoms. The van der Waals surface area contributed by atoms with Crippen LogP contribution in [0, 0.1) is 0 Å². The molecular formula is C27H23BrN2O4. The van der Waals surface area contributed by atoms with Gasteiger partial charge in [-0.2, -0.15) is 0 Å². The minimum Gasteiger partial charge on any atom is -0.457 e. The van der Waals surface area contributed by atoms with Gasteiger partial charge < -0.3 is 19.0 Å². The van der Waals surface area contributed by atoms with Crippen LogP contribution in [0.1, 0.15) is 27.7 Å². The van der Waals surface area contributed by atoms with Crippen molar-refractivity contribution in [2.24, 2.45) is 0 Å². The van der Waals surface area contributed by atoms with Crippen molar-refractivity contribution in [2.45, 2.75) is 6.04 Å². The molecule has 0 saturated heterocycles. The van der Waals surface area contributed by atoms with E-state index >= 15 is 0 Å². The lowest BCUT2D eigenvalue weighted by molar-refractivity contribution is 0.0716. The van der Waals surface area contributed by atoms with Gasteiger partial charge in [0.25, 0.3) is 5.91 Å². The first-order valence-corrected chi connectivity index (χ1v) is 11.8. The molecule has 172 valence electrons. The third-order valence-electron chi connectivity index (χ3n) is 5.87. The van der Waals surface area contributed by atoms with Crippen LogP contribution in [0.4, 0.5) is 0 Å². The van der Waals surface area contributed by atoms with Gasteiger partial charge in [-0.15, -0.1) is 0 Å². The van der Waals surface area contributed by atoms with Gasteiger partial charge in [0.1, 0.15) is 17.1 Å². The maximum Gasteiger partial charge on any atom is 0.290 e. The fourth-order valence-electron chi connectivity index (χ4n) is 4.25. The fraction of sp³-hybridized carbons (Fsp3) is 0.185. The van der Waals surface area contributed by atoms with E-state index < -0.39 is 6.04 Å². The Morgan fingerprint density at radius 2 is 1.74 bits per heavy atom. The lowest BCUT2D eigenvalue weighted by Gasteiger charge is -2.26. The van der Waals surface area contributed by atoms with Crippen LogP contribution >= 0.6 is 15.9 Å². The van der Waals surface area contributed by atoms with Gasteiger partial charge in [-0.25, -0.2) is 0 Å². The van der Waals surface area contributed by atoms with E-state index in [4.69, 9.17) is 9.15 Å². The molecule has 0 aliphatic carbocycles. The van der Waals surface area contributed by atoms with Crippen molar-refractivity contribution in [1.29, 1.82) is 0 Å². The van der Waals surface area contributed by atoms with Crippen molar-refractivity contribution in [3.63, 3.8) is 0 Å². The van der Waals surface area contributed by atoms with Crippen molar-refractivity contribution in [3.8, 4) is 11.5 Å². The van der Waals surface area contributed by atoms with Crippen molar-refractivity contribution in [1.82, 2.24) is 9.80 Å². The van der Waals surface area contributed by atoms with E-state index in [0.29, 0.717) is 41.1 Å². The number of rotatable bonds is 6. The zero-order chi connectivity index (χ0) is 23.8. The third kappa shape index (κ3) is 4.13. The summed E-state index contributed by atoms with van der Waals surface area (Å²) in [5.74, 6) is 1.17. The molecule has 1 amide bonds. The highest BCUT2D eigenvalue weighted by molar-refractivity contribution is 9.10. The first kappa shape index (κ1) is 22.4. The molecule has 2 heterocycles. The highest BCUT2D eigenvalue weighted by Crippen LogP contribution is 2.39. The molecule has 0 N–H and O–H groups in total. The van der Waals surface area contributed by atoms with Crippen LogP contribution in [0.5, 0.6) is 11.5 Å². The number of carbonyl (C=O) groups is 1. The van der Waals surface area contributed by atoms with Crippen LogP contribution in [0.2, 0.25) is 0 Å². The number of amides is 1. The van der Waals surface area contributed by atoms with E-state index in [1.54, 1.807) is 23.1 Å². The van der Waals surface area contributed by atoms with Crippen molar-refractivity contribution >= 4 is 32.8 Å². The molecule has 6 nitrogen and oxygen atoms in total. The number of carbonyl (C=O) groups excluding carboxylic acids is 1. The summed E-state index contributed by atoms with van der Waals surface area (Å²) in [4.78, 5) is 30.8. The summed E-state index contributed by atoms with van der Waals surface area (Å²) in [6.45, 7) is 1.10. The van der Waals surface area contributed by atoms with Gasteiger partial charge in [0.05, 0.1) is 17.0 Å². The molecule has 0 radical (unpaired) electrons. The molecule has 5 rings (SSSR count). The van der Waals surface area contributed by atoms with Crippen LogP contribution in [-0.4, -0.2) is 42.9 Å². The Balaban J connectivity index is 1.64.